The van der Waals surface area contributed by atoms with E-state index in [0.29, 0.717) is 11.3 Å². The number of likely N-dealkylation sites (tertiary alicyclic amines) is 1. The quantitative estimate of drug-likeness (QED) is 0.838. The molecule has 0 radical (unpaired) electrons. The van der Waals surface area contributed by atoms with Crippen molar-refractivity contribution in [1.29, 1.82) is 0 Å². The van der Waals surface area contributed by atoms with Crippen LogP contribution in [0.4, 0.5) is 5.69 Å². The number of nitrogens with one attached hydrogen (secondary N) is 1. The third-order valence-electron chi connectivity index (χ3n) is 3.63. The van der Waals surface area contributed by atoms with Gasteiger partial charge in [0.25, 0.3) is 5.91 Å². The fraction of sp³-hybridized carbons (Fsp3) is 0.500. The maximum atomic E-state index is 12.2. The molecule has 1 heterocycles. The topological polar surface area (TPSA) is 58.4 Å². The van der Waals surface area contributed by atoms with Crippen LogP contribution >= 0.6 is 15.9 Å². The Bertz CT molecular complexity index is 456. The molecule has 2 rings (SSSR count). The Morgan fingerprint density at radius 3 is 2.74 bits per heavy atom. The second kappa shape index (κ2) is 6.39. The van der Waals surface area contributed by atoms with Crippen molar-refractivity contribution < 1.29 is 4.79 Å². The normalized spacial score (nSPS) is 17.4. The van der Waals surface area contributed by atoms with Crippen LogP contribution in [0.1, 0.15) is 30.1 Å². The first-order valence-electron chi connectivity index (χ1n) is 6.68. The highest BCUT2D eigenvalue weighted by atomic mass is 79.9. The van der Waals surface area contributed by atoms with Gasteiger partial charge in [-0.1, -0.05) is 22.9 Å². The van der Waals surface area contributed by atoms with E-state index in [1.54, 1.807) is 12.1 Å². The van der Waals surface area contributed by atoms with Gasteiger partial charge in [-0.3, -0.25) is 4.79 Å². The number of carbonyl (C=O) groups excluding carboxylic acids is 1. The number of rotatable bonds is 3. The van der Waals surface area contributed by atoms with Crippen molar-refractivity contribution in [3.63, 3.8) is 0 Å². The molecule has 0 atom stereocenters. The zero-order valence-electron chi connectivity index (χ0n) is 11.2. The number of nitrogen functional groups attached to an aromatic ring is 1. The highest BCUT2D eigenvalue weighted by molar-refractivity contribution is 9.10. The zero-order valence-corrected chi connectivity index (χ0v) is 12.7. The van der Waals surface area contributed by atoms with Crippen LogP contribution in [0.2, 0.25) is 0 Å². The van der Waals surface area contributed by atoms with Gasteiger partial charge < -0.3 is 16.0 Å². The van der Waals surface area contributed by atoms with Crippen LogP contribution in [-0.2, 0) is 0 Å². The van der Waals surface area contributed by atoms with Crippen LogP contribution in [-0.4, -0.2) is 36.5 Å². The van der Waals surface area contributed by atoms with Gasteiger partial charge >= 0.3 is 0 Å². The number of hydrogen-bond acceptors (Lipinski definition) is 3. The van der Waals surface area contributed by atoms with E-state index in [1.807, 2.05) is 6.07 Å². The van der Waals surface area contributed by atoms with Crippen LogP contribution in [0.25, 0.3) is 0 Å². The molecule has 0 aromatic heterocycles. The van der Waals surface area contributed by atoms with Crippen molar-refractivity contribution in [2.45, 2.75) is 25.8 Å². The third kappa shape index (κ3) is 3.70. The number of halogens is 1. The summed E-state index contributed by atoms with van der Waals surface area (Å²) in [4.78, 5) is 14.6. The number of carbonyl (C=O) groups is 1. The zero-order chi connectivity index (χ0) is 13.8. The highest BCUT2D eigenvalue weighted by Crippen LogP contribution is 2.19. The number of amides is 1. The lowest BCUT2D eigenvalue weighted by molar-refractivity contribution is 0.0913. The molecule has 0 spiro atoms. The maximum absolute atomic E-state index is 12.2. The average molecular weight is 326 g/mol. The predicted octanol–water partition coefficient (Wildman–Crippen LogP) is 2.25. The molecule has 1 aromatic rings. The van der Waals surface area contributed by atoms with E-state index in [2.05, 4.69) is 33.1 Å². The van der Waals surface area contributed by atoms with Gasteiger partial charge in [0.1, 0.15) is 0 Å². The summed E-state index contributed by atoms with van der Waals surface area (Å²) < 4.78 is 0.887. The second-order valence-electron chi connectivity index (χ2n) is 4.91. The van der Waals surface area contributed by atoms with Crippen molar-refractivity contribution in [2.24, 2.45) is 0 Å². The molecule has 5 heteroatoms. The summed E-state index contributed by atoms with van der Waals surface area (Å²) in [7, 11) is 0. The summed E-state index contributed by atoms with van der Waals surface area (Å²) in [5.74, 6) is -0.0695. The smallest absolute Gasteiger partial charge is 0.253 e. The van der Waals surface area contributed by atoms with Gasteiger partial charge in [-0.05, 0) is 37.6 Å². The molecule has 1 aliphatic heterocycles. The standard InChI is InChI=1S/C14H20BrN3O/c1-2-18-7-5-11(6-8-18)17-14(19)12-4-3-10(15)9-13(12)16/h3-4,9,11H,2,5-8,16H2,1H3,(H,17,19). The molecule has 0 bridgehead atoms. The third-order valence-corrected chi connectivity index (χ3v) is 4.12. The highest BCUT2D eigenvalue weighted by Gasteiger charge is 2.20. The van der Waals surface area contributed by atoms with Crippen molar-refractivity contribution in [3.05, 3.63) is 28.2 Å². The number of benzene rings is 1. The van der Waals surface area contributed by atoms with Crippen molar-refractivity contribution in [2.75, 3.05) is 25.4 Å². The van der Waals surface area contributed by atoms with E-state index in [4.69, 9.17) is 5.73 Å². The van der Waals surface area contributed by atoms with E-state index in [9.17, 15) is 4.79 Å². The molecule has 19 heavy (non-hydrogen) atoms. The van der Waals surface area contributed by atoms with Crippen molar-refractivity contribution in [3.8, 4) is 0 Å². The lowest BCUT2D eigenvalue weighted by Crippen LogP contribution is -2.44. The summed E-state index contributed by atoms with van der Waals surface area (Å²) in [6.45, 7) is 5.36. The van der Waals surface area contributed by atoms with Crippen LogP contribution < -0.4 is 11.1 Å². The summed E-state index contributed by atoms with van der Waals surface area (Å²) >= 11 is 3.34. The molecule has 104 valence electrons. The predicted molar refractivity (Wildman–Crippen MR) is 81.2 cm³/mol. The van der Waals surface area contributed by atoms with E-state index >= 15 is 0 Å². The molecule has 1 fully saturated rings. The lowest BCUT2D eigenvalue weighted by atomic mass is 10.0. The summed E-state index contributed by atoms with van der Waals surface area (Å²) in [5.41, 5.74) is 6.94. The Kier molecular flexibility index (Phi) is 4.82. The van der Waals surface area contributed by atoms with Gasteiger partial charge in [0.2, 0.25) is 0 Å². The molecule has 0 aliphatic carbocycles. The van der Waals surface area contributed by atoms with Gasteiger partial charge in [-0.25, -0.2) is 0 Å². The molecule has 4 nitrogen and oxygen atoms in total. The number of hydrogen-bond donors (Lipinski definition) is 2. The van der Waals surface area contributed by atoms with Crippen LogP contribution in [0.15, 0.2) is 22.7 Å². The van der Waals surface area contributed by atoms with Crippen LogP contribution in [0, 0.1) is 0 Å². The van der Waals surface area contributed by atoms with Crippen molar-refractivity contribution in [1.82, 2.24) is 10.2 Å². The summed E-state index contributed by atoms with van der Waals surface area (Å²) in [5, 5.41) is 3.08. The largest absolute Gasteiger partial charge is 0.398 e. The van der Waals surface area contributed by atoms with E-state index in [1.165, 1.54) is 0 Å². The van der Waals surface area contributed by atoms with Gasteiger partial charge in [-0.2, -0.15) is 0 Å². The fourth-order valence-corrected chi connectivity index (χ4v) is 2.78. The van der Waals surface area contributed by atoms with Gasteiger partial charge in [0, 0.05) is 29.3 Å². The summed E-state index contributed by atoms with van der Waals surface area (Å²) in [6.07, 6.45) is 2.02. The van der Waals surface area contributed by atoms with E-state index in [-0.39, 0.29) is 11.9 Å². The lowest BCUT2D eigenvalue weighted by Gasteiger charge is -2.31. The van der Waals surface area contributed by atoms with Crippen LogP contribution in [0.5, 0.6) is 0 Å². The molecular weight excluding hydrogens is 306 g/mol. The number of anilines is 1. The average Bonchev–Trinajstić information content (AvgIpc) is 2.39. The molecule has 1 amide bonds. The van der Waals surface area contributed by atoms with Gasteiger partial charge in [0.05, 0.1) is 5.56 Å². The monoisotopic (exact) mass is 325 g/mol. The van der Waals surface area contributed by atoms with E-state index in [0.717, 1.165) is 36.9 Å². The number of nitrogens with zero attached hydrogens (tertiary/aromatic N) is 1. The first kappa shape index (κ1) is 14.3. The van der Waals surface area contributed by atoms with E-state index < -0.39 is 0 Å². The molecule has 0 unspecified atom stereocenters. The maximum Gasteiger partial charge on any atom is 0.253 e. The Labute approximate surface area is 122 Å². The molecule has 1 aromatic carbocycles. The molecular formula is C14H20BrN3O. The number of piperidine rings is 1. The molecule has 0 saturated carbocycles. The fourth-order valence-electron chi connectivity index (χ4n) is 2.40. The molecule has 1 saturated heterocycles. The Balaban J connectivity index is 1.94. The minimum atomic E-state index is -0.0695. The van der Waals surface area contributed by atoms with Crippen molar-refractivity contribution >= 4 is 27.5 Å². The first-order chi connectivity index (χ1) is 9.10. The minimum Gasteiger partial charge on any atom is -0.398 e. The minimum absolute atomic E-state index is 0.0695. The molecule has 1 aliphatic rings. The van der Waals surface area contributed by atoms with Crippen LogP contribution in [0.3, 0.4) is 0 Å². The Hall–Kier alpha value is -1.07. The number of nitrogens with two attached hydrogens (primary N) is 1. The first-order valence-corrected chi connectivity index (χ1v) is 7.47. The van der Waals surface area contributed by atoms with Gasteiger partial charge in [-0.15, -0.1) is 0 Å². The second-order valence-corrected chi connectivity index (χ2v) is 5.83. The molecule has 3 N–H and O–H groups in total. The SMILES string of the molecule is CCN1CCC(NC(=O)c2ccc(Br)cc2N)CC1. The summed E-state index contributed by atoms with van der Waals surface area (Å²) in [6, 6.07) is 5.62. The van der Waals surface area contributed by atoms with Gasteiger partial charge in [0.15, 0.2) is 0 Å². The Morgan fingerprint density at radius 1 is 1.47 bits per heavy atom. The Morgan fingerprint density at radius 2 is 2.16 bits per heavy atom.